The first-order valence-electron chi connectivity index (χ1n) is 6.44. The molecule has 2 N–H and O–H groups in total. The molecular weight excluding hydrogens is 285 g/mol. The van der Waals surface area contributed by atoms with Crippen LogP contribution in [0, 0.1) is 0 Å². The third-order valence-corrected chi connectivity index (χ3v) is 2.75. The van der Waals surface area contributed by atoms with E-state index in [1.165, 1.54) is 24.4 Å². The van der Waals surface area contributed by atoms with Crippen molar-refractivity contribution in [3.05, 3.63) is 41.7 Å². The molecule has 114 valence electrons. The minimum atomic E-state index is -4.71. The minimum Gasteiger partial charge on any atom is -0.406 e. The van der Waals surface area contributed by atoms with E-state index in [9.17, 15) is 13.2 Å². The highest BCUT2D eigenvalue weighted by Gasteiger charge is 2.31. The zero-order valence-electron chi connectivity index (χ0n) is 11.3. The number of benzene rings is 1. The highest BCUT2D eigenvalue weighted by molar-refractivity contribution is 5.34. The number of halogens is 3. The van der Waals surface area contributed by atoms with Crippen molar-refractivity contribution in [2.45, 2.75) is 25.7 Å². The van der Waals surface area contributed by atoms with E-state index in [0.717, 1.165) is 6.42 Å². The Bertz CT molecular complexity index is 557. The number of aromatic nitrogens is 3. The first-order valence-corrected chi connectivity index (χ1v) is 6.44. The molecule has 0 saturated heterocycles. The zero-order chi connectivity index (χ0) is 15.3. The van der Waals surface area contributed by atoms with Crippen LogP contribution < -0.4 is 10.1 Å². The van der Waals surface area contributed by atoms with Crippen LogP contribution in [0.3, 0.4) is 0 Å². The van der Waals surface area contributed by atoms with Crippen molar-refractivity contribution in [1.29, 1.82) is 0 Å². The molecule has 1 aromatic heterocycles. The number of hydrogen-bond acceptors (Lipinski definition) is 4. The van der Waals surface area contributed by atoms with Gasteiger partial charge in [-0.15, -0.1) is 13.2 Å². The van der Waals surface area contributed by atoms with Crippen molar-refractivity contribution in [2.24, 2.45) is 0 Å². The molecular formula is C13H15F3N4O. The highest BCUT2D eigenvalue weighted by atomic mass is 19.4. The molecule has 0 aliphatic rings. The predicted octanol–water partition coefficient (Wildman–Crippen LogP) is 2.79. The first-order chi connectivity index (χ1) is 9.99. The van der Waals surface area contributed by atoms with Gasteiger partial charge in [0, 0.05) is 0 Å². The number of H-pyrrole nitrogens is 1. The van der Waals surface area contributed by atoms with Crippen molar-refractivity contribution in [2.75, 3.05) is 6.54 Å². The molecule has 1 atom stereocenters. The van der Waals surface area contributed by atoms with Gasteiger partial charge in [-0.3, -0.25) is 0 Å². The lowest BCUT2D eigenvalue weighted by Crippen LogP contribution is -2.24. The molecule has 8 heteroatoms. The summed E-state index contributed by atoms with van der Waals surface area (Å²) in [5, 5.41) is 13.4. The molecule has 0 aliphatic carbocycles. The zero-order valence-corrected chi connectivity index (χ0v) is 11.3. The highest BCUT2D eigenvalue weighted by Crippen LogP contribution is 2.27. The van der Waals surface area contributed by atoms with Crippen LogP contribution in [0.2, 0.25) is 0 Å². The SMILES string of the molecule is CCCNC(c1cccc(OC(F)(F)F)c1)c1cn[nH]n1. The second-order valence-corrected chi connectivity index (χ2v) is 4.40. The molecule has 0 radical (unpaired) electrons. The average molecular weight is 300 g/mol. The van der Waals surface area contributed by atoms with Gasteiger partial charge >= 0.3 is 6.36 Å². The van der Waals surface area contributed by atoms with Crippen molar-refractivity contribution < 1.29 is 17.9 Å². The number of nitrogens with zero attached hydrogens (tertiary/aromatic N) is 2. The molecule has 1 aromatic carbocycles. The summed E-state index contributed by atoms with van der Waals surface area (Å²) in [4.78, 5) is 0. The lowest BCUT2D eigenvalue weighted by Gasteiger charge is -2.17. The van der Waals surface area contributed by atoms with E-state index >= 15 is 0 Å². The summed E-state index contributed by atoms with van der Waals surface area (Å²) in [5.41, 5.74) is 1.23. The van der Waals surface area contributed by atoms with E-state index < -0.39 is 6.36 Å². The summed E-state index contributed by atoms with van der Waals surface area (Å²) in [6.45, 7) is 2.69. The fourth-order valence-corrected chi connectivity index (χ4v) is 1.92. The maximum Gasteiger partial charge on any atom is 0.573 e. The molecule has 5 nitrogen and oxygen atoms in total. The first kappa shape index (κ1) is 15.3. The van der Waals surface area contributed by atoms with Gasteiger partial charge in [0.05, 0.1) is 12.2 Å². The number of rotatable bonds is 6. The summed E-state index contributed by atoms with van der Waals surface area (Å²) < 4.78 is 40.8. The average Bonchev–Trinajstić information content (AvgIpc) is 2.91. The molecule has 1 heterocycles. The minimum absolute atomic E-state index is 0.258. The number of alkyl halides is 3. The van der Waals surface area contributed by atoms with Gasteiger partial charge in [0.2, 0.25) is 0 Å². The Morgan fingerprint density at radius 3 is 2.81 bits per heavy atom. The Morgan fingerprint density at radius 2 is 2.19 bits per heavy atom. The fraction of sp³-hybridized carbons (Fsp3) is 0.385. The Balaban J connectivity index is 2.25. The van der Waals surface area contributed by atoms with E-state index in [-0.39, 0.29) is 11.8 Å². The second kappa shape index (κ2) is 6.57. The Kier molecular flexibility index (Phi) is 4.79. The summed E-state index contributed by atoms with van der Waals surface area (Å²) >= 11 is 0. The molecule has 2 aromatic rings. The van der Waals surface area contributed by atoms with Crippen molar-refractivity contribution >= 4 is 0 Å². The smallest absolute Gasteiger partial charge is 0.406 e. The van der Waals surface area contributed by atoms with Crippen LogP contribution >= 0.6 is 0 Å². The normalized spacial score (nSPS) is 13.1. The maximum absolute atomic E-state index is 12.3. The molecule has 0 spiro atoms. The fourth-order valence-electron chi connectivity index (χ4n) is 1.92. The number of ether oxygens (including phenoxy) is 1. The maximum atomic E-state index is 12.3. The van der Waals surface area contributed by atoms with Gasteiger partial charge in [-0.2, -0.15) is 15.4 Å². The van der Waals surface area contributed by atoms with Gasteiger partial charge in [-0.05, 0) is 30.7 Å². The van der Waals surface area contributed by atoms with Crippen LogP contribution in [0.1, 0.15) is 30.6 Å². The Labute approximate surface area is 119 Å². The van der Waals surface area contributed by atoms with E-state index in [2.05, 4.69) is 25.5 Å². The van der Waals surface area contributed by atoms with Gasteiger partial charge in [0.15, 0.2) is 0 Å². The third kappa shape index (κ3) is 4.45. The number of aromatic amines is 1. The monoisotopic (exact) mass is 300 g/mol. The Hall–Kier alpha value is -2.09. The lowest BCUT2D eigenvalue weighted by atomic mass is 10.0. The Morgan fingerprint density at radius 1 is 1.38 bits per heavy atom. The third-order valence-electron chi connectivity index (χ3n) is 2.75. The molecule has 1 unspecified atom stereocenters. The van der Waals surface area contributed by atoms with Crippen molar-refractivity contribution in [1.82, 2.24) is 20.7 Å². The van der Waals surface area contributed by atoms with Crippen LogP contribution in [0.25, 0.3) is 0 Å². The second-order valence-electron chi connectivity index (χ2n) is 4.40. The van der Waals surface area contributed by atoms with Gasteiger partial charge in [-0.1, -0.05) is 19.1 Å². The van der Waals surface area contributed by atoms with Crippen LogP contribution in [0.15, 0.2) is 30.5 Å². The summed E-state index contributed by atoms with van der Waals surface area (Å²) in [6, 6.07) is 5.48. The number of nitrogens with one attached hydrogen (secondary N) is 2. The van der Waals surface area contributed by atoms with Crippen molar-refractivity contribution in [3.63, 3.8) is 0 Å². The lowest BCUT2D eigenvalue weighted by molar-refractivity contribution is -0.274. The summed E-state index contributed by atoms with van der Waals surface area (Å²) in [5.74, 6) is -0.258. The predicted molar refractivity (Wildman–Crippen MR) is 69.6 cm³/mol. The summed E-state index contributed by atoms with van der Waals surface area (Å²) in [7, 11) is 0. The number of hydrogen-bond donors (Lipinski definition) is 2. The van der Waals surface area contributed by atoms with Crippen LogP contribution in [-0.2, 0) is 0 Å². The van der Waals surface area contributed by atoms with Gasteiger partial charge in [0.1, 0.15) is 11.4 Å². The van der Waals surface area contributed by atoms with Crippen LogP contribution in [-0.4, -0.2) is 28.3 Å². The van der Waals surface area contributed by atoms with E-state index in [4.69, 9.17) is 0 Å². The van der Waals surface area contributed by atoms with Gasteiger partial charge in [-0.25, -0.2) is 0 Å². The quantitative estimate of drug-likeness (QED) is 0.861. The van der Waals surface area contributed by atoms with Crippen LogP contribution in [0.5, 0.6) is 5.75 Å². The van der Waals surface area contributed by atoms with Crippen molar-refractivity contribution in [3.8, 4) is 5.75 Å². The molecule has 0 aliphatic heterocycles. The topological polar surface area (TPSA) is 62.8 Å². The standard InChI is InChI=1S/C13H15F3N4O/c1-2-6-17-12(11-8-18-20-19-11)9-4-3-5-10(7-9)21-13(14,15)16/h3-5,7-8,12,17H,2,6H2,1H3,(H,18,19,20). The van der Waals surface area contributed by atoms with E-state index in [0.29, 0.717) is 17.8 Å². The largest absolute Gasteiger partial charge is 0.573 e. The van der Waals surface area contributed by atoms with Crippen LogP contribution in [0.4, 0.5) is 13.2 Å². The molecule has 0 bridgehead atoms. The molecule has 2 rings (SSSR count). The molecule has 21 heavy (non-hydrogen) atoms. The van der Waals surface area contributed by atoms with Gasteiger partial charge in [0.25, 0.3) is 0 Å². The van der Waals surface area contributed by atoms with Gasteiger partial charge < -0.3 is 10.1 Å². The summed E-state index contributed by atoms with van der Waals surface area (Å²) in [6.07, 6.45) is -2.30. The van der Waals surface area contributed by atoms with E-state index in [1.54, 1.807) is 6.07 Å². The van der Waals surface area contributed by atoms with E-state index in [1.807, 2.05) is 6.92 Å². The molecule has 0 saturated carbocycles. The molecule has 0 amide bonds. The molecule has 0 fully saturated rings.